The van der Waals surface area contributed by atoms with E-state index < -0.39 is 0 Å². The van der Waals surface area contributed by atoms with Gasteiger partial charge in [-0.05, 0) is 35.8 Å². The highest BCUT2D eigenvalue weighted by atomic mass is 32.2. The second kappa shape index (κ2) is 2.42. The fourth-order valence-electron chi connectivity index (χ4n) is 2.66. The van der Waals surface area contributed by atoms with Gasteiger partial charge in [0, 0.05) is 5.25 Å². The predicted octanol–water partition coefficient (Wildman–Crippen LogP) is 3.17. The van der Waals surface area contributed by atoms with Crippen LogP contribution in [0.3, 0.4) is 0 Å². The smallest absolute Gasteiger partial charge is 0.0132 e. The van der Waals surface area contributed by atoms with Crippen molar-refractivity contribution in [3.63, 3.8) is 0 Å². The molecule has 1 aliphatic carbocycles. The molecule has 0 nitrogen and oxygen atoms in total. The van der Waals surface area contributed by atoms with Crippen LogP contribution < -0.4 is 0 Å². The summed E-state index contributed by atoms with van der Waals surface area (Å²) in [6.45, 7) is 7.25. The number of fused-ring (bicyclic) bond motifs is 1. The average molecular weight is 170 g/mol. The minimum atomic E-state index is 0.686. The van der Waals surface area contributed by atoms with Gasteiger partial charge in [-0.25, -0.2) is 0 Å². The maximum atomic E-state index is 2.48. The van der Waals surface area contributed by atoms with E-state index in [0.717, 1.165) is 17.1 Å². The lowest BCUT2D eigenvalue weighted by Crippen LogP contribution is -2.49. The van der Waals surface area contributed by atoms with Crippen LogP contribution in [0.1, 0.15) is 33.6 Å². The monoisotopic (exact) mass is 170 g/mol. The maximum absolute atomic E-state index is 2.48. The van der Waals surface area contributed by atoms with E-state index in [1.165, 1.54) is 18.6 Å². The normalized spacial score (nSPS) is 49.1. The van der Waals surface area contributed by atoms with Gasteiger partial charge in [0.15, 0.2) is 0 Å². The van der Waals surface area contributed by atoms with E-state index in [0.29, 0.717) is 5.41 Å². The Labute approximate surface area is 74.1 Å². The number of hydrogen-bond acceptors (Lipinski definition) is 1. The molecule has 3 unspecified atom stereocenters. The van der Waals surface area contributed by atoms with Crippen LogP contribution in [0, 0.1) is 17.3 Å². The Balaban J connectivity index is 2.08. The average Bonchev–Trinajstić information content (AvgIpc) is 2.29. The molecule has 1 heterocycles. The van der Waals surface area contributed by atoms with Crippen molar-refractivity contribution in [3.8, 4) is 0 Å². The molecule has 0 N–H and O–H groups in total. The highest BCUT2D eigenvalue weighted by Gasteiger charge is 2.54. The first-order valence-electron chi connectivity index (χ1n) is 4.76. The minimum Gasteiger partial charge on any atom is -0.158 e. The van der Waals surface area contributed by atoms with Crippen molar-refractivity contribution in [2.45, 2.75) is 38.9 Å². The van der Waals surface area contributed by atoms with Gasteiger partial charge < -0.3 is 0 Å². The van der Waals surface area contributed by atoms with Crippen molar-refractivity contribution in [2.24, 2.45) is 17.3 Å². The molecule has 11 heavy (non-hydrogen) atoms. The molecule has 0 spiro atoms. The van der Waals surface area contributed by atoms with Gasteiger partial charge in [0.25, 0.3) is 0 Å². The number of thioether (sulfide) groups is 1. The molecule has 0 amide bonds. The highest BCUT2D eigenvalue weighted by Crippen LogP contribution is 2.60. The van der Waals surface area contributed by atoms with E-state index in [2.05, 4.69) is 32.5 Å². The van der Waals surface area contributed by atoms with Crippen molar-refractivity contribution in [1.29, 1.82) is 0 Å². The molecule has 0 aromatic rings. The summed E-state index contributed by atoms with van der Waals surface area (Å²) in [5, 5.41) is 1.02. The quantitative estimate of drug-likeness (QED) is 0.582. The van der Waals surface area contributed by atoms with E-state index in [1.54, 1.807) is 0 Å². The molecular formula is C10H18S. The first-order valence-corrected chi connectivity index (χ1v) is 5.81. The van der Waals surface area contributed by atoms with Gasteiger partial charge in [0.2, 0.25) is 0 Å². The highest BCUT2D eigenvalue weighted by molar-refractivity contribution is 8.00. The molecule has 1 saturated heterocycles. The van der Waals surface area contributed by atoms with Crippen LogP contribution in [0.2, 0.25) is 0 Å². The Kier molecular flexibility index (Phi) is 1.75. The molecule has 1 heteroatoms. The SMILES string of the molecule is CC(C)C1(C)CC2CCSC21. The minimum absolute atomic E-state index is 0.686. The van der Waals surface area contributed by atoms with Gasteiger partial charge in [-0.3, -0.25) is 0 Å². The lowest BCUT2D eigenvalue weighted by Gasteiger charge is -2.52. The zero-order chi connectivity index (χ0) is 8.06. The van der Waals surface area contributed by atoms with Crippen molar-refractivity contribution >= 4 is 11.8 Å². The standard InChI is InChI=1S/C10H18S/c1-7(2)10(3)6-8-4-5-11-9(8)10/h7-9H,4-6H2,1-3H3. The fourth-order valence-corrected chi connectivity index (χ4v) is 4.60. The van der Waals surface area contributed by atoms with Crippen molar-refractivity contribution < 1.29 is 0 Å². The van der Waals surface area contributed by atoms with E-state index in [9.17, 15) is 0 Å². The molecule has 0 radical (unpaired) electrons. The van der Waals surface area contributed by atoms with Crippen molar-refractivity contribution in [2.75, 3.05) is 5.75 Å². The maximum Gasteiger partial charge on any atom is 0.0132 e. The third-order valence-corrected chi connectivity index (χ3v) is 5.64. The lowest BCUT2D eigenvalue weighted by molar-refractivity contribution is 0.0438. The van der Waals surface area contributed by atoms with E-state index in [-0.39, 0.29) is 0 Å². The van der Waals surface area contributed by atoms with Crippen LogP contribution in [0.15, 0.2) is 0 Å². The summed E-state index contributed by atoms with van der Waals surface area (Å²) in [5.74, 6) is 3.40. The summed E-state index contributed by atoms with van der Waals surface area (Å²) in [4.78, 5) is 0. The Morgan fingerprint density at radius 1 is 1.45 bits per heavy atom. The molecule has 0 aromatic carbocycles. The first-order chi connectivity index (χ1) is 5.14. The second-order valence-corrected chi connectivity index (χ2v) is 5.95. The van der Waals surface area contributed by atoms with Crippen LogP contribution in [0.4, 0.5) is 0 Å². The van der Waals surface area contributed by atoms with Gasteiger partial charge >= 0.3 is 0 Å². The van der Waals surface area contributed by atoms with Crippen LogP contribution in [-0.2, 0) is 0 Å². The molecular weight excluding hydrogens is 152 g/mol. The van der Waals surface area contributed by atoms with E-state index >= 15 is 0 Å². The summed E-state index contributed by atoms with van der Waals surface area (Å²) in [6, 6.07) is 0. The molecule has 2 aliphatic rings. The largest absolute Gasteiger partial charge is 0.158 e. The first kappa shape index (κ1) is 7.97. The Hall–Kier alpha value is 0.350. The van der Waals surface area contributed by atoms with Crippen LogP contribution >= 0.6 is 11.8 Å². The van der Waals surface area contributed by atoms with E-state index in [4.69, 9.17) is 0 Å². The fraction of sp³-hybridized carbons (Fsp3) is 1.00. The Bertz CT molecular complexity index is 164. The molecule has 0 bridgehead atoms. The van der Waals surface area contributed by atoms with Gasteiger partial charge in [-0.2, -0.15) is 11.8 Å². The summed E-state index contributed by atoms with van der Waals surface area (Å²) in [5.41, 5.74) is 0.686. The summed E-state index contributed by atoms with van der Waals surface area (Å²) in [7, 11) is 0. The molecule has 3 atom stereocenters. The molecule has 64 valence electrons. The molecule has 2 rings (SSSR count). The van der Waals surface area contributed by atoms with Crippen LogP contribution in [-0.4, -0.2) is 11.0 Å². The Morgan fingerprint density at radius 2 is 2.18 bits per heavy atom. The predicted molar refractivity (Wildman–Crippen MR) is 51.9 cm³/mol. The third kappa shape index (κ3) is 0.965. The number of hydrogen-bond donors (Lipinski definition) is 0. The van der Waals surface area contributed by atoms with Gasteiger partial charge in [-0.1, -0.05) is 20.8 Å². The van der Waals surface area contributed by atoms with Crippen molar-refractivity contribution in [1.82, 2.24) is 0 Å². The zero-order valence-electron chi connectivity index (χ0n) is 7.76. The summed E-state index contributed by atoms with van der Waals surface area (Å²) >= 11 is 2.23. The van der Waals surface area contributed by atoms with Gasteiger partial charge in [-0.15, -0.1) is 0 Å². The van der Waals surface area contributed by atoms with Crippen LogP contribution in [0.5, 0.6) is 0 Å². The van der Waals surface area contributed by atoms with Crippen molar-refractivity contribution in [3.05, 3.63) is 0 Å². The summed E-state index contributed by atoms with van der Waals surface area (Å²) < 4.78 is 0. The molecule has 1 saturated carbocycles. The molecule has 0 aromatic heterocycles. The molecule has 1 aliphatic heterocycles. The third-order valence-electron chi connectivity index (χ3n) is 3.89. The van der Waals surface area contributed by atoms with Gasteiger partial charge in [0.1, 0.15) is 0 Å². The Morgan fingerprint density at radius 3 is 2.73 bits per heavy atom. The molecule has 2 fully saturated rings. The van der Waals surface area contributed by atoms with Crippen LogP contribution in [0.25, 0.3) is 0 Å². The summed E-state index contributed by atoms with van der Waals surface area (Å²) in [6.07, 6.45) is 3.00. The zero-order valence-corrected chi connectivity index (χ0v) is 8.58. The van der Waals surface area contributed by atoms with Gasteiger partial charge in [0.05, 0.1) is 0 Å². The number of rotatable bonds is 1. The van der Waals surface area contributed by atoms with E-state index in [1.807, 2.05) is 0 Å². The second-order valence-electron chi connectivity index (χ2n) is 4.70. The topological polar surface area (TPSA) is 0 Å². The lowest BCUT2D eigenvalue weighted by atomic mass is 9.57.